The number of hydrogen-bond acceptors (Lipinski definition) is 3. The summed E-state index contributed by atoms with van der Waals surface area (Å²) < 4.78 is 0. The number of nitrogens with zero attached hydrogens (tertiary/aromatic N) is 2. The van der Waals surface area contributed by atoms with Crippen LogP contribution in [0.25, 0.3) is 0 Å². The molecule has 4 nitrogen and oxygen atoms in total. The Balaban J connectivity index is 0.00000200. The highest BCUT2D eigenvalue weighted by molar-refractivity contribution is 5.85. The van der Waals surface area contributed by atoms with Gasteiger partial charge in [0.05, 0.1) is 18.3 Å². The van der Waals surface area contributed by atoms with E-state index in [0.717, 1.165) is 25.1 Å². The number of hydrogen-bond donors (Lipinski definition) is 1. The van der Waals surface area contributed by atoms with E-state index in [9.17, 15) is 4.79 Å². The fourth-order valence-corrected chi connectivity index (χ4v) is 2.67. The molecule has 1 amide bonds. The minimum absolute atomic E-state index is 0. The molecule has 1 aromatic heterocycles. The maximum atomic E-state index is 12.6. The first-order valence-electron chi connectivity index (χ1n) is 6.89. The fourth-order valence-electron chi connectivity index (χ4n) is 2.67. The predicted molar refractivity (Wildman–Crippen MR) is 82.8 cm³/mol. The number of likely N-dealkylation sites (N-methyl/N-ethyl adjacent to an activating group) is 1. The summed E-state index contributed by atoms with van der Waals surface area (Å²) in [6.45, 7) is 5.82. The van der Waals surface area contributed by atoms with E-state index in [2.05, 4.69) is 24.1 Å². The third-order valence-electron chi connectivity index (χ3n) is 3.88. The summed E-state index contributed by atoms with van der Waals surface area (Å²) >= 11 is 0. The van der Waals surface area contributed by atoms with Crippen LogP contribution in [0.1, 0.15) is 32.4 Å². The average molecular weight is 298 g/mol. The van der Waals surface area contributed by atoms with Crippen molar-refractivity contribution >= 4 is 18.3 Å². The lowest BCUT2D eigenvalue weighted by Gasteiger charge is -2.40. The molecule has 5 heteroatoms. The van der Waals surface area contributed by atoms with Crippen LogP contribution in [-0.2, 0) is 11.3 Å². The van der Waals surface area contributed by atoms with Crippen molar-refractivity contribution in [1.29, 1.82) is 0 Å². The Kier molecular flexibility index (Phi) is 5.96. The molecular formula is C15H24ClN3O. The standard InChI is InChI=1S/C15H23N3O.ClH/c1-15(2)8-6-10-17-13(15)14(19)18(3)11-12-7-4-5-9-16-12;/h4-5,7,9,13,17H,6,8,10-11H2,1-3H3;1H. The van der Waals surface area contributed by atoms with Crippen molar-refractivity contribution in [2.75, 3.05) is 13.6 Å². The smallest absolute Gasteiger partial charge is 0.240 e. The Morgan fingerprint density at radius 3 is 2.85 bits per heavy atom. The van der Waals surface area contributed by atoms with E-state index >= 15 is 0 Å². The van der Waals surface area contributed by atoms with Crippen LogP contribution in [-0.4, -0.2) is 35.4 Å². The normalized spacial score (nSPS) is 20.9. The first kappa shape index (κ1) is 16.9. The molecule has 1 saturated heterocycles. The molecule has 0 aromatic carbocycles. The molecule has 1 unspecified atom stereocenters. The number of nitrogens with one attached hydrogen (secondary N) is 1. The molecular weight excluding hydrogens is 274 g/mol. The molecule has 1 aliphatic rings. The molecule has 1 fully saturated rings. The largest absolute Gasteiger partial charge is 0.338 e. The molecule has 0 bridgehead atoms. The van der Waals surface area contributed by atoms with Crippen molar-refractivity contribution in [3.05, 3.63) is 30.1 Å². The van der Waals surface area contributed by atoms with Gasteiger partial charge < -0.3 is 10.2 Å². The van der Waals surface area contributed by atoms with Gasteiger partial charge in [-0.2, -0.15) is 0 Å². The Labute approximate surface area is 127 Å². The summed E-state index contributed by atoms with van der Waals surface area (Å²) in [6.07, 6.45) is 3.99. The molecule has 0 spiro atoms. The third-order valence-corrected chi connectivity index (χ3v) is 3.88. The van der Waals surface area contributed by atoms with E-state index in [0.29, 0.717) is 6.54 Å². The lowest BCUT2D eigenvalue weighted by Crippen LogP contribution is -2.55. The first-order valence-corrected chi connectivity index (χ1v) is 6.89. The number of aromatic nitrogens is 1. The molecule has 1 aromatic rings. The fraction of sp³-hybridized carbons (Fsp3) is 0.600. The van der Waals surface area contributed by atoms with Gasteiger partial charge in [-0.15, -0.1) is 12.4 Å². The van der Waals surface area contributed by atoms with Crippen LogP contribution < -0.4 is 5.32 Å². The van der Waals surface area contributed by atoms with Crippen molar-refractivity contribution < 1.29 is 4.79 Å². The summed E-state index contributed by atoms with van der Waals surface area (Å²) in [4.78, 5) is 18.6. The van der Waals surface area contributed by atoms with Crippen LogP contribution in [0, 0.1) is 5.41 Å². The highest BCUT2D eigenvalue weighted by Crippen LogP contribution is 2.31. The van der Waals surface area contributed by atoms with E-state index in [1.54, 1.807) is 11.1 Å². The zero-order chi connectivity index (χ0) is 13.9. The number of halogens is 1. The van der Waals surface area contributed by atoms with Gasteiger partial charge in [0.1, 0.15) is 0 Å². The number of carbonyl (C=O) groups excluding carboxylic acids is 1. The molecule has 2 heterocycles. The van der Waals surface area contributed by atoms with E-state index in [-0.39, 0.29) is 29.8 Å². The average Bonchev–Trinajstić information content (AvgIpc) is 2.38. The topological polar surface area (TPSA) is 45.2 Å². The van der Waals surface area contributed by atoms with Crippen LogP contribution in [0.3, 0.4) is 0 Å². The molecule has 0 aliphatic carbocycles. The van der Waals surface area contributed by atoms with Crippen LogP contribution in [0.2, 0.25) is 0 Å². The number of pyridine rings is 1. The van der Waals surface area contributed by atoms with Crippen LogP contribution in [0.5, 0.6) is 0 Å². The number of amides is 1. The summed E-state index contributed by atoms with van der Waals surface area (Å²) in [5.74, 6) is 0.162. The van der Waals surface area contributed by atoms with Crippen LogP contribution in [0.15, 0.2) is 24.4 Å². The molecule has 0 radical (unpaired) electrons. The highest BCUT2D eigenvalue weighted by Gasteiger charge is 2.38. The summed E-state index contributed by atoms with van der Waals surface area (Å²) in [5.41, 5.74) is 0.945. The second-order valence-corrected chi connectivity index (χ2v) is 5.99. The van der Waals surface area contributed by atoms with E-state index < -0.39 is 0 Å². The highest BCUT2D eigenvalue weighted by atomic mass is 35.5. The molecule has 112 valence electrons. The van der Waals surface area contributed by atoms with Crippen molar-refractivity contribution in [2.24, 2.45) is 5.41 Å². The summed E-state index contributed by atoms with van der Waals surface area (Å²) in [5, 5.41) is 3.36. The predicted octanol–water partition coefficient (Wildman–Crippen LogP) is 2.24. The first-order chi connectivity index (χ1) is 9.00. The molecule has 0 saturated carbocycles. The summed E-state index contributed by atoms with van der Waals surface area (Å²) in [7, 11) is 1.85. The number of carbonyl (C=O) groups is 1. The second kappa shape index (κ2) is 7.04. The molecule has 1 aliphatic heterocycles. The molecule has 1 N–H and O–H groups in total. The SMILES string of the molecule is CN(Cc1ccccn1)C(=O)C1NCCCC1(C)C.Cl. The van der Waals surface area contributed by atoms with Gasteiger partial charge in [0, 0.05) is 13.2 Å². The van der Waals surface area contributed by atoms with E-state index in [4.69, 9.17) is 0 Å². The van der Waals surface area contributed by atoms with Crippen molar-refractivity contribution in [3.8, 4) is 0 Å². The monoisotopic (exact) mass is 297 g/mol. The zero-order valence-corrected chi connectivity index (χ0v) is 13.2. The third kappa shape index (κ3) is 3.93. The lowest BCUT2D eigenvalue weighted by molar-refractivity contribution is -0.136. The van der Waals surface area contributed by atoms with Gasteiger partial charge >= 0.3 is 0 Å². The van der Waals surface area contributed by atoms with Crippen LogP contribution in [0.4, 0.5) is 0 Å². The minimum atomic E-state index is -0.0880. The maximum Gasteiger partial charge on any atom is 0.240 e. The van der Waals surface area contributed by atoms with Crippen molar-refractivity contribution in [1.82, 2.24) is 15.2 Å². The van der Waals surface area contributed by atoms with Gasteiger partial charge in [-0.25, -0.2) is 0 Å². The Morgan fingerprint density at radius 1 is 1.50 bits per heavy atom. The Hall–Kier alpha value is -1.13. The Bertz CT molecular complexity index is 436. The summed E-state index contributed by atoms with van der Waals surface area (Å²) in [6, 6.07) is 5.69. The van der Waals surface area contributed by atoms with E-state index in [1.807, 2.05) is 25.2 Å². The second-order valence-electron chi connectivity index (χ2n) is 5.99. The Morgan fingerprint density at radius 2 is 2.25 bits per heavy atom. The molecule has 20 heavy (non-hydrogen) atoms. The van der Waals surface area contributed by atoms with Crippen molar-refractivity contribution in [2.45, 2.75) is 39.3 Å². The maximum absolute atomic E-state index is 12.6. The van der Waals surface area contributed by atoms with Gasteiger partial charge in [0.2, 0.25) is 5.91 Å². The van der Waals surface area contributed by atoms with Gasteiger partial charge in [-0.1, -0.05) is 19.9 Å². The number of piperidine rings is 1. The quantitative estimate of drug-likeness (QED) is 0.931. The van der Waals surface area contributed by atoms with Gasteiger partial charge in [0.25, 0.3) is 0 Å². The lowest BCUT2D eigenvalue weighted by atomic mass is 9.77. The van der Waals surface area contributed by atoms with Gasteiger partial charge in [0.15, 0.2) is 0 Å². The van der Waals surface area contributed by atoms with Crippen molar-refractivity contribution in [3.63, 3.8) is 0 Å². The molecule has 1 atom stereocenters. The van der Waals surface area contributed by atoms with Gasteiger partial charge in [-0.05, 0) is 36.9 Å². The van der Waals surface area contributed by atoms with Crippen LogP contribution >= 0.6 is 12.4 Å². The van der Waals surface area contributed by atoms with E-state index in [1.165, 1.54) is 0 Å². The zero-order valence-electron chi connectivity index (χ0n) is 12.4. The molecule has 2 rings (SSSR count). The van der Waals surface area contributed by atoms with Gasteiger partial charge in [-0.3, -0.25) is 9.78 Å². The number of rotatable bonds is 3. The minimum Gasteiger partial charge on any atom is -0.338 e.